The van der Waals surface area contributed by atoms with Crippen LogP contribution in [-0.4, -0.2) is 0 Å². The maximum Gasteiger partial charge on any atom is 0.0159 e. The van der Waals surface area contributed by atoms with Crippen molar-refractivity contribution in [2.45, 2.75) is 19.3 Å². The summed E-state index contributed by atoms with van der Waals surface area (Å²) in [6, 6.07) is 81.2. The third-order valence-corrected chi connectivity index (χ3v) is 13.5. The molecule has 11 aromatic carbocycles. The van der Waals surface area contributed by atoms with Gasteiger partial charge in [-0.05, 0) is 133 Å². The highest BCUT2D eigenvalue weighted by atomic mass is 14.4. The van der Waals surface area contributed by atoms with Crippen LogP contribution in [-0.2, 0) is 5.41 Å². The molecule has 0 nitrogen and oxygen atoms in total. The normalized spacial score (nSPS) is 12.9. The van der Waals surface area contributed by atoms with E-state index in [2.05, 4.69) is 232 Å². The number of hydrogen-bond acceptors (Lipinski definition) is 0. The van der Waals surface area contributed by atoms with Gasteiger partial charge in [0.25, 0.3) is 0 Å². The minimum atomic E-state index is -0.0943. The van der Waals surface area contributed by atoms with Gasteiger partial charge in [-0.15, -0.1) is 0 Å². The van der Waals surface area contributed by atoms with Crippen molar-refractivity contribution < 1.29 is 0 Å². The molecule has 0 atom stereocenters. The van der Waals surface area contributed by atoms with Gasteiger partial charge in [0.1, 0.15) is 0 Å². The Morgan fingerprint density at radius 1 is 0.230 bits per heavy atom. The quantitative estimate of drug-likeness (QED) is 0.153. The second-order valence-electron chi connectivity index (χ2n) is 17.1. The zero-order valence-corrected chi connectivity index (χ0v) is 34.3. The fraction of sp³-hybridized carbons (Fsp3) is 0.0492. The Hall–Kier alpha value is -7.54. The van der Waals surface area contributed by atoms with Gasteiger partial charge in [0.05, 0.1) is 0 Å². The van der Waals surface area contributed by atoms with E-state index in [-0.39, 0.29) is 5.41 Å². The highest BCUT2D eigenvalue weighted by Gasteiger charge is 2.35. The van der Waals surface area contributed by atoms with Gasteiger partial charge in [-0.2, -0.15) is 0 Å². The maximum atomic E-state index is 2.48. The van der Waals surface area contributed by atoms with Crippen LogP contribution in [0.4, 0.5) is 0 Å². The van der Waals surface area contributed by atoms with E-state index < -0.39 is 0 Å². The molecule has 1 aliphatic rings. The number of benzene rings is 11. The Morgan fingerprint density at radius 3 is 1.11 bits per heavy atom. The first-order valence-electron chi connectivity index (χ1n) is 21.4. The van der Waals surface area contributed by atoms with Crippen LogP contribution in [0.3, 0.4) is 0 Å². The lowest BCUT2D eigenvalue weighted by molar-refractivity contribution is 0.660. The van der Waals surface area contributed by atoms with Crippen molar-refractivity contribution in [3.63, 3.8) is 0 Å². The van der Waals surface area contributed by atoms with E-state index >= 15 is 0 Å². The van der Waals surface area contributed by atoms with Crippen LogP contribution in [0, 0.1) is 0 Å². The minimum Gasteiger partial charge on any atom is -0.0622 e. The largest absolute Gasteiger partial charge is 0.0622 e. The molecule has 11 aromatic rings. The van der Waals surface area contributed by atoms with Crippen molar-refractivity contribution in [3.8, 4) is 66.8 Å². The highest BCUT2D eigenvalue weighted by Crippen LogP contribution is 2.52. The highest BCUT2D eigenvalue weighted by molar-refractivity contribution is 6.23. The summed E-state index contributed by atoms with van der Waals surface area (Å²) in [7, 11) is 0. The minimum absolute atomic E-state index is 0.0943. The Balaban J connectivity index is 1.08. The second-order valence-corrected chi connectivity index (χ2v) is 17.1. The molecule has 0 N–H and O–H groups in total. The lowest BCUT2D eigenvalue weighted by Crippen LogP contribution is -2.14. The molecule has 0 saturated heterocycles. The smallest absolute Gasteiger partial charge is 0.0159 e. The summed E-state index contributed by atoms with van der Waals surface area (Å²) in [6.07, 6.45) is 0. The van der Waals surface area contributed by atoms with Gasteiger partial charge < -0.3 is 0 Å². The van der Waals surface area contributed by atoms with Crippen molar-refractivity contribution in [3.05, 3.63) is 230 Å². The SMILES string of the molecule is CC1(C)c2ccccc2-c2ccc(-c3c4ccccc4c(-c4ccc(-c5c6ccccc6c(-c6ccccc6)c6ccccc56)cc4)c4ccc(-c5ccccc5)cc34)cc21. The van der Waals surface area contributed by atoms with Crippen molar-refractivity contribution in [2.75, 3.05) is 0 Å². The molecule has 0 radical (unpaired) electrons. The van der Waals surface area contributed by atoms with E-state index in [1.54, 1.807) is 0 Å². The standard InChI is InChI=1S/C61H42/c1-61(2)55-28-16-15-21-45(55)46-35-34-44(38-56(46)61)60-52-27-14-13-26-51(52)59(53-36-33-43(37-54(53)60)39-17-5-3-6-18-39)42-31-29-41(30-32-42)58-49-24-11-9-22-47(49)57(40-19-7-4-8-20-40)48-23-10-12-25-50(48)58/h3-38H,1-2H3. The summed E-state index contributed by atoms with van der Waals surface area (Å²) < 4.78 is 0. The molecule has 1 aliphatic carbocycles. The van der Waals surface area contributed by atoms with Crippen LogP contribution in [0.25, 0.3) is 110 Å². The number of hydrogen-bond donors (Lipinski definition) is 0. The molecule has 0 aromatic heterocycles. The molecule has 0 heteroatoms. The molecule has 0 bridgehead atoms. The first-order valence-corrected chi connectivity index (χ1v) is 21.4. The first-order chi connectivity index (χ1) is 30.0. The molecule has 0 aliphatic heterocycles. The predicted octanol–water partition coefficient (Wildman–Crippen LogP) is 16.9. The monoisotopic (exact) mass is 774 g/mol. The third kappa shape index (κ3) is 5.46. The molecule has 0 heterocycles. The molecule has 0 fully saturated rings. The van der Waals surface area contributed by atoms with E-state index in [9.17, 15) is 0 Å². The van der Waals surface area contributed by atoms with Gasteiger partial charge in [-0.3, -0.25) is 0 Å². The van der Waals surface area contributed by atoms with Gasteiger partial charge in [0.15, 0.2) is 0 Å². The molecule has 61 heavy (non-hydrogen) atoms. The Labute approximate surface area is 357 Å². The molecule has 0 amide bonds. The van der Waals surface area contributed by atoms with Crippen LogP contribution in [0.5, 0.6) is 0 Å². The molecule has 0 spiro atoms. The van der Waals surface area contributed by atoms with Crippen LogP contribution in [0.1, 0.15) is 25.0 Å². The summed E-state index contributed by atoms with van der Waals surface area (Å²) in [5.74, 6) is 0. The van der Waals surface area contributed by atoms with Gasteiger partial charge in [-0.1, -0.05) is 220 Å². The summed E-state index contributed by atoms with van der Waals surface area (Å²) in [5.41, 5.74) is 17.9. The second kappa shape index (κ2) is 13.8. The van der Waals surface area contributed by atoms with Crippen LogP contribution in [0.15, 0.2) is 218 Å². The summed E-state index contributed by atoms with van der Waals surface area (Å²) in [6.45, 7) is 4.75. The molecule has 0 saturated carbocycles. The molecule has 286 valence electrons. The van der Waals surface area contributed by atoms with Crippen molar-refractivity contribution in [2.24, 2.45) is 0 Å². The fourth-order valence-corrected chi connectivity index (χ4v) is 10.6. The predicted molar refractivity (Wildman–Crippen MR) is 261 cm³/mol. The average molecular weight is 775 g/mol. The van der Waals surface area contributed by atoms with Crippen LogP contribution in [0.2, 0.25) is 0 Å². The molecule has 12 rings (SSSR count). The zero-order chi connectivity index (χ0) is 40.7. The first kappa shape index (κ1) is 35.4. The van der Waals surface area contributed by atoms with Crippen LogP contribution < -0.4 is 0 Å². The Morgan fingerprint density at radius 2 is 0.590 bits per heavy atom. The van der Waals surface area contributed by atoms with Gasteiger partial charge in [-0.25, -0.2) is 0 Å². The number of fused-ring (bicyclic) bond motifs is 7. The van der Waals surface area contributed by atoms with Crippen molar-refractivity contribution in [1.29, 1.82) is 0 Å². The lowest BCUT2D eigenvalue weighted by Gasteiger charge is -2.23. The summed E-state index contributed by atoms with van der Waals surface area (Å²) in [4.78, 5) is 0. The van der Waals surface area contributed by atoms with E-state index in [4.69, 9.17) is 0 Å². The third-order valence-electron chi connectivity index (χ3n) is 13.5. The van der Waals surface area contributed by atoms with Gasteiger partial charge in [0.2, 0.25) is 0 Å². The molecule has 0 unspecified atom stereocenters. The average Bonchev–Trinajstić information content (AvgIpc) is 3.55. The summed E-state index contributed by atoms with van der Waals surface area (Å²) in [5, 5.41) is 10.1. The van der Waals surface area contributed by atoms with E-state index in [0.717, 1.165) is 0 Å². The van der Waals surface area contributed by atoms with E-state index in [1.165, 1.54) is 121 Å². The Bertz CT molecular complexity index is 3460. The Kier molecular flexibility index (Phi) is 7.99. The van der Waals surface area contributed by atoms with Gasteiger partial charge in [0, 0.05) is 5.41 Å². The van der Waals surface area contributed by atoms with Crippen molar-refractivity contribution >= 4 is 43.1 Å². The fourth-order valence-electron chi connectivity index (χ4n) is 10.6. The topological polar surface area (TPSA) is 0 Å². The zero-order valence-electron chi connectivity index (χ0n) is 34.3. The molecular formula is C61H42. The van der Waals surface area contributed by atoms with Crippen molar-refractivity contribution in [1.82, 2.24) is 0 Å². The van der Waals surface area contributed by atoms with Crippen LogP contribution >= 0.6 is 0 Å². The maximum absolute atomic E-state index is 2.48. The van der Waals surface area contributed by atoms with E-state index in [1.807, 2.05) is 0 Å². The molecular weight excluding hydrogens is 733 g/mol. The summed E-state index contributed by atoms with van der Waals surface area (Å²) >= 11 is 0. The number of rotatable bonds is 5. The lowest BCUT2D eigenvalue weighted by atomic mass is 9.80. The van der Waals surface area contributed by atoms with E-state index in [0.29, 0.717) is 0 Å². The van der Waals surface area contributed by atoms with Gasteiger partial charge >= 0.3 is 0 Å².